The van der Waals surface area contributed by atoms with Crippen molar-refractivity contribution in [3.05, 3.63) is 59.5 Å². The van der Waals surface area contributed by atoms with E-state index in [1.54, 1.807) is 19.2 Å². The summed E-state index contributed by atoms with van der Waals surface area (Å²) in [5.41, 5.74) is 2.44. The number of nitrogens with one attached hydrogen (secondary N) is 1. The number of nitrogens with zero attached hydrogens (tertiary/aromatic N) is 2. The van der Waals surface area contributed by atoms with E-state index in [4.69, 9.17) is 14.0 Å². The standard InChI is InChI=1S/C22H21N3O4/c1-27-18-4-2-3-16-11-17(12-28-19(16)18)23-21(26)14-7-5-13(6-8-14)20-24-22(29-25-20)15-9-10-15/h2-8,15,17H,9-12H2,1H3,(H,23,26). The maximum atomic E-state index is 12.7. The lowest BCUT2D eigenvalue weighted by atomic mass is 10.0. The van der Waals surface area contributed by atoms with Crippen LogP contribution in [0.25, 0.3) is 11.4 Å². The summed E-state index contributed by atoms with van der Waals surface area (Å²) >= 11 is 0. The Hall–Kier alpha value is -3.35. The number of methoxy groups -OCH3 is 1. The Labute approximate surface area is 168 Å². The van der Waals surface area contributed by atoms with Crippen LogP contribution in [0, 0.1) is 0 Å². The van der Waals surface area contributed by atoms with Crippen molar-refractivity contribution in [2.45, 2.75) is 31.2 Å². The Morgan fingerprint density at radius 2 is 2.00 bits per heavy atom. The fraction of sp³-hybridized carbons (Fsp3) is 0.318. The third-order valence-corrected chi connectivity index (χ3v) is 5.28. The minimum Gasteiger partial charge on any atom is -0.493 e. The van der Waals surface area contributed by atoms with Crippen LogP contribution in [-0.2, 0) is 6.42 Å². The molecule has 1 unspecified atom stereocenters. The molecule has 1 saturated carbocycles. The Balaban J connectivity index is 1.25. The second-order valence-corrected chi connectivity index (χ2v) is 7.44. The van der Waals surface area contributed by atoms with Gasteiger partial charge in [0.2, 0.25) is 11.7 Å². The fourth-order valence-electron chi connectivity index (χ4n) is 3.54. The predicted molar refractivity (Wildman–Crippen MR) is 105 cm³/mol. The van der Waals surface area contributed by atoms with E-state index in [0.29, 0.717) is 42.0 Å². The van der Waals surface area contributed by atoms with Crippen molar-refractivity contribution in [1.29, 1.82) is 0 Å². The largest absolute Gasteiger partial charge is 0.493 e. The number of amides is 1. The first-order valence-corrected chi connectivity index (χ1v) is 9.75. The van der Waals surface area contributed by atoms with Gasteiger partial charge in [-0.05, 0) is 37.5 Å². The molecule has 1 amide bonds. The van der Waals surface area contributed by atoms with Crippen molar-refractivity contribution in [2.24, 2.45) is 0 Å². The van der Waals surface area contributed by atoms with Gasteiger partial charge in [-0.25, -0.2) is 0 Å². The third kappa shape index (κ3) is 3.55. The van der Waals surface area contributed by atoms with Crippen LogP contribution >= 0.6 is 0 Å². The first-order chi connectivity index (χ1) is 14.2. The number of fused-ring (bicyclic) bond motifs is 1. The molecule has 2 heterocycles. The summed E-state index contributed by atoms with van der Waals surface area (Å²) in [6.45, 7) is 0.407. The molecule has 5 rings (SSSR count). The van der Waals surface area contributed by atoms with Gasteiger partial charge in [0.15, 0.2) is 11.5 Å². The average molecular weight is 391 g/mol. The molecule has 2 aromatic carbocycles. The number of aromatic nitrogens is 2. The maximum Gasteiger partial charge on any atom is 0.251 e. The molecule has 1 atom stereocenters. The van der Waals surface area contributed by atoms with Gasteiger partial charge in [-0.3, -0.25) is 4.79 Å². The average Bonchev–Trinajstić information content (AvgIpc) is 3.49. The molecule has 29 heavy (non-hydrogen) atoms. The molecule has 1 aromatic heterocycles. The Morgan fingerprint density at radius 3 is 2.76 bits per heavy atom. The maximum absolute atomic E-state index is 12.7. The highest BCUT2D eigenvalue weighted by Crippen LogP contribution is 2.39. The highest BCUT2D eigenvalue weighted by molar-refractivity contribution is 5.94. The molecule has 1 aliphatic carbocycles. The fourth-order valence-corrected chi connectivity index (χ4v) is 3.54. The molecule has 1 N–H and O–H groups in total. The molecule has 7 nitrogen and oxygen atoms in total. The number of hydrogen-bond acceptors (Lipinski definition) is 6. The normalized spacial score (nSPS) is 17.9. The zero-order valence-corrected chi connectivity index (χ0v) is 16.1. The summed E-state index contributed by atoms with van der Waals surface area (Å²) in [6.07, 6.45) is 2.93. The smallest absolute Gasteiger partial charge is 0.251 e. The van der Waals surface area contributed by atoms with Crippen molar-refractivity contribution in [3.8, 4) is 22.9 Å². The number of benzene rings is 2. The summed E-state index contributed by atoms with van der Waals surface area (Å²) in [4.78, 5) is 17.1. The molecule has 7 heteroatoms. The molecule has 1 aliphatic heterocycles. The van der Waals surface area contributed by atoms with Crippen molar-refractivity contribution >= 4 is 5.91 Å². The zero-order chi connectivity index (χ0) is 19.8. The highest BCUT2D eigenvalue weighted by atomic mass is 16.5. The molecule has 1 fully saturated rings. The van der Waals surface area contributed by atoms with Gasteiger partial charge < -0.3 is 19.3 Å². The van der Waals surface area contributed by atoms with Crippen molar-refractivity contribution < 1.29 is 18.8 Å². The van der Waals surface area contributed by atoms with Crippen LogP contribution in [0.3, 0.4) is 0 Å². The topological polar surface area (TPSA) is 86.5 Å². The van der Waals surface area contributed by atoms with Gasteiger partial charge in [0.25, 0.3) is 5.91 Å². The molecule has 148 valence electrons. The monoisotopic (exact) mass is 391 g/mol. The van der Waals surface area contributed by atoms with Gasteiger partial charge in [0, 0.05) is 22.6 Å². The Kier molecular flexibility index (Phi) is 4.42. The Bertz CT molecular complexity index is 1040. The molecular weight excluding hydrogens is 370 g/mol. The quantitative estimate of drug-likeness (QED) is 0.718. The zero-order valence-electron chi connectivity index (χ0n) is 16.1. The van der Waals surface area contributed by atoms with Crippen molar-refractivity contribution in [2.75, 3.05) is 13.7 Å². The second kappa shape index (κ2) is 7.24. The summed E-state index contributed by atoms with van der Waals surface area (Å²) in [6, 6.07) is 12.9. The second-order valence-electron chi connectivity index (χ2n) is 7.44. The van der Waals surface area contributed by atoms with Gasteiger partial charge in [0.1, 0.15) is 6.61 Å². The molecule has 0 spiro atoms. The van der Waals surface area contributed by atoms with E-state index in [-0.39, 0.29) is 11.9 Å². The van der Waals surface area contributed by atoms with Crippen LogP contribution in [0.4, 0.5) is 0 Å². The van der Waals surface area contributed by atoms with Crippen molar-refractivity contribution in [1.82, 2.24) is 15.5 Å². The summed E-state index contributed by atoms with van der Waals surface area (Å²) < 4.78 is 16.5. The van der Waals surface area contributed by atoms with E-state index in [2.05, 4.69) is 15.5 Å². The van der Waals surface area contributed by atoms with Crippen molar-refractivity contribution in [3.63, 3.8) is 0 Å². The first-order valence-electron chi connectivity index (χ1n) is 9.75. The van der Waals surface area contributed by atoms with Gasteiger partial charge in [-0.2, -0.15) is 4.98 Å². The molecule has 3 aromatic rings. The van der Waals surface area contributed by atoms with Gasteiger partial charge in [-0.15, -0.1) is 0 Å². The molecule has 0 saturated heterocycles. The van der Waals surface area contributed by atoms with E-state index in [1.807, 2.05) is 30.3 Å². The number of ether oxygens (including phenoxy) is 2. The summed E-state index contributed by atoms with van der Waals surface area (Å²) in [5, 5.41) is 7.08. The van der Waals surface area contributed by atoms with E-state index >= 15 is 0 Å². The molecular formula is C22H21N3O4. The van der Waals surface area contributed by atoms with E-state index in [9.17, 15) is 4.79 Å². The lowest BCUT2D eigenvalue weighted by molar-refractivity contribution is 0.0914. The van der Waals surface area contributed by atoms with Crippen LogP contribution in [0.2, 0.25) is 0 Å². The molecule has 2 aliphatic rings. The summed E-state index contributed by atoms with van der Waals surface area (Å²) in [7, 11) is 1.62. The first kappa shape index (κ1) is 17.7. The Morgan fingerprint density at radius 1 is 1.17 bits per heavy atom. The van der Waals surface area contributed by atoms with Crippen LogP contribution in [0.5, 0.6) is 11.5 Å². The number of para-hydroxylation sites is 1. The number of rotatable bonds is 5. The van der Waals surface area contributed by atoms with E-state index < -0.39 is 0 Å². The predicted octanol–water partition coefficient (Wildman–Crippen LogP) is 3.36. The molecule has 0 bridgehead atoms. The minimum absolute atomic E-state index is 0.0971. The lowest BCUT2D eigenvalue weighted by Gasteiger charge is -2.27. The number of carbonyl (C=O) groups is 1. The highest BCUT2D eigenvalue weighted by Gasteiger charge is 2.30. The lowest BCUT2D eigenvalue weighted by Crippen LogP contribution is -2.42. The summed E-state index contributed by atoms with van der Waals surface area (Å²) in [5.74, 6) is 3.03. The van der Waals surface area contributed by atoms with E-state index in [1.165, 1.54) is 0 Å². The van der Waals surface area contributed by atoms with E-state index in [0.717, 1.165) is 29.7 Å². The van der Waals surface area contributed by atoms with Crippen LogP contribution in [0.15, 0.2) is 47.0 Å². The van der Waals surface area contributed by atoms with Gasteiger partial charge in [-0.1, -0.05) is 29.4 Å². The third-order valence-electron chi connectivity index (χ3n) is 5.28. The SMILES string of the molecule is COc1cccc2c1OCC(NC(=O)c1ccc(-c3noc(C4CC4)n3)cc1)C2. The van der Waals surface area contributed by atoms with Crippen LogP contribution in [-0.4, -0.2) is 35.8 Å². The number of hydrogen-bond donors (Lipinski definition) is 1. The minimum atomic E-state index is -0.136. The van der Waals surface area contributed by atoms with Gasteiger partial charge in [0.05, 0.1) is 13.2 Å². The molecule has 0 radical (unpaired) electrons. The van der Waals surface area contributed by atoms with Gasteiger partial charge >= 0.3 is 0 Å². The van der Waals surface area contributed by atoms with Crippen LogP contribution < -0.4 is 14.8 Å². The van der Waals surface area contributed by atoms with Crippen LogP contribution in [0.1, 0.15) is 40.6 Å². The number of carbonyl (C=O) groups excluding carboxylic acids is 1.